The molecule has 0 radical (unpaired) electrons. The maximum absolute atomic E-state index is 5.42. The molecule has 22 heavy (non-hydrogen) atoms. The van der Waals surface area contributed by atoms with Crippen LogP contribution in [0.15, 0.2) is 22.5 Å². The van der Waals surface area contributed by atoms with Crippen molar-refractivity contribution in [1.29, 1.82) is 0 Å². The lowest BCUT2D eigenvalue weighted by Gasteiger charge is -2.41. The lowest BCUT2D eigenvalue weighted by atomic mass is 10.0. The molecule has 0 aliphatic carbocycles. The quantitative estimate of drug-likeness (QED) is 0.420. The Bertz CT molecular complexity index is 444. The molecular weight excluding hydrogens is 411 g/mol. The molecule has 2 N–H and O–H groups in total. The maximum Gasteiger partial charge on any atom is 0.191 e. The number of hydrogen-bond acceptors (Lipinski definition) is 4. The van der Waals surface area contributed by atoms with Crippen molar-refractivity contribution in [2.75, 3.05) is 39.9 Å². The van der Waals surface area contributed by atoms with Crippen LogP contribution in [0.2, 0.25) is 0 Å². The van der Waals surface area contributed by atoms with Gasteiger partial charge in [0.1, 0.15) is 0 Å². The number of nitrogens with one attached hydrogen (secondary N) is 2. The van der Waals surface area contributed by atoms with Crippen molar-refractivity contribution in [2.24, 2.45) is 4.99 Å². The first-order chi connectivity index (χ1) is 10.1. The van der Waals surface area contributed by atoms with Gasteiger partial charge < -0.3 is 15.4 Å². The van der Waals surface area contributed by atoms with Crippen LogP contribution in [0.5, 0.6) is 0 Å². The molecule has 126 valence electrons. The van der Waals surface area contributed by atoms with Gasteiger partial charge in [-0.15, -0.1) is 35.3 Å². The molecule has 1 aliphatic heterocycles. The third-order valence-electron chi connectivity index (χ3n) is 3.79. The highest BCUT2D eigenvalue weighted by Gasteiger charge is 2.28. The van der Waals surface area contributed by atoms with Gasteiger partial charge in [-0.25, -0.2) is 0 Å². The fourth-order valence-corrected chi connectivity index (χ4v) is 3.03. The van der Waals surface area contributed by atoms with E-state index in [1.165, 1.54) is 4.88 Å². The van der Waals surface area contributed by atoms with Crippen LogP contribution in [0, 0.1) is 0 Å². The largest absolute Gasteiger partial charge is 0.379 e. The van der Waals surface area contributed by atoms with E-state index >= 15 is 0 Å². The number of guanidine groups is 1. The SMILES string of the molecule is CN=C(NCc1cccs1)NCC(C)(C)N1CCOCC1.I. The Morgan fingerprint density at radius 1 is 1.36 bits per heavy atom. The summed E-state index contributed by atoms with van der Waals surface area (Å²) in [7, 11) is 1.81. The number of ether oxygens (including phenoxy) is 1. The van der Waals surface area contributed by atoms with Crippen molar-refractivity contribution in [3.05, 3.63) is 22.4 Å². The highest BCUT2D eigenvalue weighted by atomic mass is 127. The van der Waals surface area contributed by atoms with Crippen LogP contribution in [0.4, 0.5) is 0 Å². The molecule has 1 fully saturated rings. The third kappa shape index (κ3) is 6.02. The molecule has 0 atom stereocenters. The molecule has 5 nitrogen and oxygen atoms in total. The van der Waals surface area contributed by atoms with E-state index in [2.05, 4.69) is 51.9 Å². The van der Waals surface area contributed by atoms with Gasteiger partial charge in [0.05, 0.1) is 19.8 Å². The minimum Gasteiger partial charge on any atom is -0.379 e. The summed E-state index contributed by atoms with van der Waals surface area (Å²) in [4.78, 5) is 8.07. The van der Waals surface area contributed by atoms with Gasteiger partial charge in [0.2, 0.25) is 0 Å². The molecule has 0 bridgehead atoms. The highest BCUT2D eigenvalue weighted by molar-refractivity contribution is 14.0. The number of nitrogens with zero attached hydrogens (tertiary/aromatic N) is 2. The van der Waals surface area contributed by atoms with E-state index in [1.54, 1.807) is 11.3 Å². The number of rotatable bonds is 5. The van der Waals surface area contributed by atoms with Crippen molar-refractivity contribution < 1.29 is 4.74 Å². The third-order valence-corrected chi connectivity index (χ3v) is 4.67. The Labute approximate surface area is 154 Å². The molecule has 2 rings (SSSR count). The Kier molecular flexibility index (Phi) is 8.66. The second kappa shape index (κ2) is 9.69. The summed E-state index contributed by atoms with van der Waals surface area (Å²) in [6.07, 6.45) is 0. The number of aliphatic imine (C=N–C) groups is 1. The zero-order chi connectivity index (χ0) is 15.1. The lowest BCUT2D eigenvalue weighted by Crippen LogP contribution is -2.56. The predicted molar refractivity (Wildman–Crippen MR) is 104 cm³/mol. The van der Waals surface area contributed by atoms with Gasteiger partial charge in [-0.1, -0.05) is 6.07 Å². The molecule has 1 aromatic rings. The lowest BCUT2D eigenvalue weighted by molar-refractivity contribution is -0.00834. The zero-order valence-electron chi connectivity index (χ0n) is 13.6. The number of morpholine rings is 1. The Morgan fingerprint density at radius 3 is 2.68 bits per heavy atom. The predicted octanol–water partition coefficient (Wildman–Crippen LogP) is 2.14. The average Bonchev–Trinajstić information content (AvgIpc) is 3.02. The van der Waals surface area contributed by atoms with Gasteiger partial charge >= 0.3 is 0 Å². The summed E-state index contributed by atoms with van der Waals surface area (Å²) in [5.41, 5.74) is 0.0876. The molecule has 1 saturated heterocycles. The Balaban J connectivity index is 0.00000242. The number of halogens is 1. The number of thiophene rings is 1. The first-order valence-electron chi connectivity index (χ1n) is 7.41. The molecule has 2 heterocycles. The summed E-state index contributed by atoms with van der Waals surface area (Å²) in [5, 5.41) is 8.88. The summed E-state index contributed by atoms with van der Waals surface area (Å²) < 4.78 is 5.42. The molecular formula is C15H27IN4OS. The molecule has 0 spiro atoms. The second-order valence-corrected chi connectivity index (χ2v) is 6.80. The maximum atomic E-state index is 5.42. The zero-order valence-corrected chi connectivity index (χ0v) is 16.7. The van der Waals surface area contributed by atoms with Crippen LogP contribution >= 0.6 is 35.3 Å². The fourth-order valence-electron chi connectivity index (χ4n) is 2.39. The first kappa shape index (κ1) is 19.7. The van der Waals surface area contributed by atoms with Crippen LogP contribution in [0.3, 0.4) is 0 Å². The standard InChI is InChI=1S/C15H26N4OS.HI/c1-15(2,19-6-8-20-9-7-19)12-18-14(16-3)17-11-13-5-4-10-21-13;/h4-5,10H,6-9,11-12H2,1-3H3,(H2,16,17,18);1H. The summed E-state index contributed by atoms with van der Waals surface area (Å²) in [6.45, 7) is 9.84. The molecule has 0 saturated carbocycles. The molecule has 7 heteroatoms. The van der Waals surface area contributed by atoms with E-state index in [0.717, 1.165) is 45.4 Å². The van der Waals surface area contributed by atoms with E-state index in [-0.39, 0.29) is 29.5 Å². The van der Waals surface area contributed by atoms with E-state index in [9.17, 15) is 0 Å². The number of hydrogen-bond donors (Lipinski definition) is 2. The normalized spacial score (nSPS) is 17.0. The molecule has 0 unspecified atom stereocenters. The van der Waals surface area contributed by atoms with E-state index in [4.69, 9.17) is 4.74 Å². The van der Waals surface area contributed by atoms with Crippen LogP contribution in [0.1, 0.15) is 18.7 Å². The van der Waals surface area contributed by atoms with E-state index < -0.39 is 0 Å². The minimum absolute atomic E-state index is 0. The van der Waals surface area contributed by atoms with Crippen molar-refractivity contribution in [3.63, 3.8) is 0 Å². The Hall–Kier alpha value is -0.380. The topological polar surface area (TPSA) is 48.9 Å². The van der Waals surface area contributed by atoms with Gasteiger partial charge in [0, 0.05) is 37.1 Å². The molecule has 1 aromatic heterocycles. The molecule has 0 amide bonds. The second-order valence-electron chi connectivity index (χ2n) is 5.77. The smallest absolute Gasteiger partial charge is 0.191 e. The fraction of sp³-hybridized carbons (Fsp3) is 0.667. The summed E-state index contributed by atoms with van der Waals surface area (Å²) in [5.74, 6) is 0.852. The van der Waals surface area contributed by atoms with Crippen LogP contribution in [-0.4, -0.2) is 56.3 Å². The van der Waals surface area contributed by atoms with Crippen molar-refractivity contribution >= 4 is 41.3 Å². The van der Waals surface area contributed by atoms with Crippen LogP contribution in [0.25, 0.3) is 0 Å². The van der Waals surface area contributed by atoms with Gasteiger partial charge in [-0.2, -0.15) is 0 Å². The van der Waals surface area contributed by atoms with E-state index in [1.807, 2.05) is 7.05 Å². The monoisotopic (exact) mass is 438 g/mol. The van der Waals surface area contributed by atoms with Crippen molar-refractivity contribution in [2.45, 2.75) is 25.9 Å². The summed E-state index contributed by atoms with van der Waals surface area (Å²) in [6, 6.07) is 4.20. The van der Waals surface area contributed by atoms with Crippen molar-refractivity contribution in [1.82, 2.24) is 15.5 Å². The first-order valence-corrected chi connectivity index (χ1v) is 8.29. The van der Waals surface area contributed by atoms with Gasteiger partial charge in [0.15, 0.2) is 5.96 Å². The summed E-state index contributed by atoms with van der Waals surface area (Å²) >= 11 is 1.75. The van der Waals surface area contributed by atoms with Crippen LogP contribution < -0.4 is 10.6 Å². The highest BCUT2D eigenvalue weighted by Crippen LogP contribution is 2.15. The molecule has 1 aliphatic rings. The van der Waals surface area contributed by atoms with E-state index in [0.29, 0.717) is 0 Å². The molecule has 0 aromatic carbocycles. The van der Waals surface area contributed by atoms with Gasteiger partial charge in [0.25, 0.3) is 0 Å². The Morgan fingerprint density at radius 2 is 2.09 bits per heavy atom. The average molecular weight is 438 g/mol. The van der Waals surface area contributed by atoms with Crippen molar-refractivity contribution in [3.8, 4) is 0 Å². The van der Waals surface area contributed by atoms with Crippen LogP contribution in [-0.2, 0) is 11.3 Å². The van der Waals surface area contributed by atoms with Gasteiger partial charge in [-0.05, 0) is 25.3 Å². The van der Waals surface area contributed by atoms with Gasteiger partial charge in [-0.3, -0.25) is 9.89 Å². The minimum atomic E-state index is 0.